The maximum atomic E-state index is 12.4. The van der Waals surface area contributed by atoms with Crippen molar-refractivity contribution in [2.45, 2.75) is 25.4 Å². The molecule has 1 aromatic carbocycles. The summed E-state index contributed by atoms with van der Waals surface area (Å²) in [7, 11) is 0. The van der Waals surface area contributed by atoms with Gasteiger partial charge in [-0.2, -0.15) is 0 Å². The van der Waals surface area contributed by atoms with E-state index in [1.807, 2.05) is 17.5 Å². The molecular weight excluding hydrogens is 346 g/mol. The van der Waals surface area contributed by atoms with Crippen LogP contribution in [0.1, 0.15) is 17.7 Å². The molecule has 2 aromatic rings. The maximum Gasteiger partial charge on any atom is 0.318 e. The first-order valence-electron chi connectivity index (χ1n) is 7.74. The number of anilines is 1. The van der Waals surface area contributed by atoms with Gasteiger partial charge < -0.3 is 15.5 Å². The van der Waals surface area contributed by atoms with Crippen molar-refractivity contribution in [1.29, 1.82) is 0 Å². The van der Waals surface area contributed by atoms with Gasteiger partial charge in [-0.15, -0.1) is 11.3 Å². The Bertz CT molecular complexity index is 699. The van der Waals surface area contributed by atoms with Crippen molar-refractivity contribution < 1.29 is 9.59 Å². The van der Waals surface area contributed by atoms with Crippen LogP contribution in [0.3, 0.4) is 0 Å². The van der Waals surface area contributed by atoms with Gasteiger partial charge >= 0.3 is 6.03 Å². The molecule has 1 aliphatic carbocycles. The second-order valence-electron chi connectivity index (χ2n) is 5.65. The monoisotopic (exact) mass is 363 g/mol. The van der Waals surface area contributed by atoms with Gasteiger partial charge in [-0.1, -0.05) is 17.7 Å². The molecule has 0 spiro atoms. The summed E-state index contributed by atoms with van der Waals surface area (Å²) in [5, 5.41) is 8.03. The number of hydrogen-bond acceptors (Lipinski definition) is 3. The second-order valence-corrected chi connectivity index (χ2v) is 7.12. The van der Waals surface area contributed by atoms with Gasteiger partial charge in [0.25, 0.3) is 0 Å². The number of thiophene rings is 1. The summed E-state index contributed by atoms with van der Waals surface area (Å²) >= 11 is 7.43. The number of halogens is 1. The van der Waals surface area contributed by atoms with Crippen LogP contribution in [-0.4, -0.2) is 29.4 Å². The zero-order valence-corrected chi connectivity index (χ0v) is 14.6. The molecule has 3 rings (SSSR count). The number of amides is 3. The smallest absolute Gasteiger partial charge is 0.318 e. The predicted octanol–water partition coefficient (Wildman–Crippen LogP) is 3.71. The lowest BCUT2D eigenvalue weighted by atomic mass is 10.3. The molecule has 7 heteroatoms. The largest absolute Gasteiger partial charge is 0.329 e. The third kappa shape index (κ3) is 4.72. The summed E-state index contributed by atoms with van der Waals surface area (Å²) in [6.07, 6.45) is 2.05. The Kier molecular flexibility index (Phi) is 5.37. The summed E-state index contributed by atoms with van der Waals surface area (Å²) in [6.45, 7) is 0.530. The summed E-state index contributed by atoms with van der Waals surface area (Å²) in [5.41, 5.74) is 0.649. The Morgan fingerprint density at radius 3 is 2.58 bits per heavy atom. The van der Waals surface area contributed by atoms with Crippen LogP contribution in [-0.2, 0) is 11.3 Å². The SMILES string of the molecule is O=C(CNC(=O)N(Cc1cccs1)C1CC1)Nc1ccc(Cl)cc1. The molecule has 5 nitrogen and oxygen atoms in total. The Labute approximate surface area is 149 Å². The van der Waals surface area contributed by atoms with Gasteiger partial charge in [0.15, 0.2) is 0 Å². The standard InChI is InChI=1S/C17H18ClN3O2S/c18-12-3-5-13(6-4-12)20-16(22)10-19-17(23)21(14-7-8-14)11-15-2-1-9-24-15/h1-6,9,14H,7-8,10-11H2,(H,19,23)(H,20,22). The Morgan fingerprint density at radius 1 is 1.21 bits per heavy atom. The molecule has 126 valence electrons. The van der Waals surface area contributed by atoms with Gasteiger partial charge in [-0.05, 0) is 48.6 Å². The lowest BCUT2D eigenvalue weighted by Crippen LogP contribution is -2.43. The van der Waals surface area contributed by atoms with Crippen LogP contribution in [0.2, 0.25) is 5.02 Å². The van der Waals surface area contributed by atoms with Crippen LogP contribution < -0.4 is 10.6 Å². The molecule has 1 aliphatic rings. The first kappa shape index (κ1) is 16.8. The van der Waals surface area contributed by atoms with E-state index in [-0.39, 0.29) is 24.5 Å². The Hall–Kier alpha value is -2.05. The number of rotatable bonds is 6. The van der Waals surface area contributed by atoms with E-state index < -0.39 is 0 Å². The molecule has 3 amide bonds. The highest BCUT2D eigenvalue weighted by atomic mass is 35.5. The molecule has 0 bridgehead atoms. The molecule has 1 fully saturated rings. The minimum atomic E-state index is -0.266. The quantitative estimate of drug-likeness (QED) is 0.821. The van der Waals surface area contributed by atoms with Crippen molar-refractivity contribution in [3.05, 3.63) is 51.7 Å². The molecule has 0 unspecified atom stereocenters. The minimum absolute atomic E-state index is 0.0604. The number of nitrogens with one attached hydrogen (secondary N) is 2. The van der Waals surface area contributed by atoms with Crippen molar-refractivity contribution in [3.63, 3.8) is 0 Å². The highest BCUT2D eigenvalue weighted by Crippen LogP contribution is 2.29. The topological polar surface area (TPSA) is 61.4 Å². The minimum Gasteiger partial charge on any atom is -0.329 e. The van der Waals surface area contributed by atoms with Crippen LogP contribution in [0.5, 0.6) is 0 Å². The Balaban J connectivity index is 1.49. The molecule has 0 atom stereocenters. The van der Waals surface area contributed by atoms with Crippen molar-refractivity contribution in [2.24, 2.45) is 0 Å². The molecule has 2 N–H and O–H groups in total. The lowest BCUT2D eigenvalue weighted by Gasteiger charge is -2.22. The first-order valence-corrected chi connectivity index (χ1v) is 9.00. The number of carbonyl (C=O) groups excluding carboxylic acids is 2. The van der Waals surface area contributed by atoms with Gasteiger partial charge in [-0.3, -0.25) is 4.79 Å². The average Bonchev–Trinajstić information content (AvgIpc) is 3.28. The van der Waals surface area contributed by atoms with Gasteiger partial charge in [0.1, 0.15) is 0 Å². The third-order valence-corrected chi connectivity index (χ3v) is 4.80. The molecule has 1 aromatic heterocycles. The highest BCUT2D eigenvalue weighted by molar-refractivity contribution is 7.09. The van der Waals surface area contributed by atoms with Gasteiger partial charge in [0, 0.05) is 21.6 Å². The zero-order valence-electron chi connectivity index (χ0n) is 13.0. The zero-order chi connectivity index (χ0) is 16.9. The summed E-state index contributed by atoms with van der Waals surface area (Å²) in [5.74, 6) is -0.266. The van der Waals surface area contributed by atoms with E-state index in [1.54, 1.807) is 40.5 Å². The van der Waals surface area contributed by atoms with Crippen LogP contribution >= 0.6 is 22.9 Å². The fourth-order valence-electron chi connectivity index (χ4n) is 2.32. The molecule has 0 aliphatic heterocycles. The van der Waals surface area contributed by atoms with Gasteiger partial charge in [0.2, 0.25) is 5.91 Å². The molecule has 0 saturated heterocycles. The molecule has 0 radical (unpaired) electrons. The number of benzene rings is 1. The fraction of sp³-hybridized carbons (Fsp3) is 0.294. The first-order chi connectivity index (χ1) is 11.6. The van der Waals surface area contributed by atoms with Crippen molar-refractivity contribution in [3.8, 4) is 0 Å². The van der Waals surface area contributed by atoms with Crippen LogP contribution in [0.4, 0.5) is 10.5 Å². The van der Waals surface area contributed by atoms with E-state index in [4.69, 9.17) is 11.6 Å². The lowest BCUT2D eigenvalue weighted by molar-refractivity contribution is -0.115. The van der Waals surface area contributed by atoms with Crippen molar-refractivity contribution in [2.75, 3.05) is 11.9 Å². The molecule has 1 saturated carbocycles. The van der Waals surface area contributed by atoms with E-state index in [0.717, 1.165) is 17.7 Å². The summed E-state index contributed by atoms with van der Waals surface area (Å²) < 4.78 is 0. The Morgan fingerprint density at radius 2 is 1.96 bits per heavy atom. The third-order valence-electron chi connectivity index (χ3n) is 3.68. The molecular formula is C17H18ClN3O2S. The van der Waals surface area contributed by atoms with Crippen LogP contribution in [0.25, 0.3) is 0 Å². The molecule has 1 heterocycles. The fourth-order valence-corrected chi connectivity index (χ4v) is 3.15. The van der Waals surface area contributed by atoms with E-state index in [2.05, 4.69) is 10.6 Å². The predicted molar refractivity (Wildman–Crippen MR) is 96.4 cm³/mol. The van der Waals surface area contributed by atoms with Crippen molar-refractivity contribution >= 4 is 40.6 Å². The van der Waals surface area contributed by atoms with E-state index in [1.165, 1.54) is 0 Å². The van der Waals surface area contributed by atoms with Crippen molar-refractivity contribution in [1.82, 2.24) is 10.2 Å². The average molecular weight is 364 g/mol. The number of urea groups is 1. The highest BCUT2D eigenvalue weighted by Gasteiger charge is 2.32. The van der Waals surface area contributed by atoms with Crippen LogP contribution in [0.15, 0.2) is 41.8 Å². The molecule has 24 heavy (non-hydrogen) atoms. The van der Waals surface area contributed by atoms with Gasteiger partial charge in [-0.25, -0.2) is 4.79 Å². The summed E-state index contributed by atoms with van der Waals surface area (Å²) in [4.78, 5) is 27.3. The van der Waals surface area contributed by atoms with Crippen LogP contribution in [0, 0.1) is 0 Å². The number of nitrogens with zero attached hydrogens (tertiary/aromatic N) is 1. The number of hydrogen-bond donors (Lipinski definition) is 2. The van der Waals surface area contributed by atoms with E-state index >= 15 is 0 Å². The van der Waals surface area contributed by atoms with Gasteiger partial charge in [0.05, 0.1) is 13.1 Å². The summed E-state index contributed by atoms with van der Waals surface area (Å²) in [6, 6.07) is 10.9. The number of carbonyl (C=O) groups is 2. The van der Waals surface area contributed by atoms with E-state index in [0.29, 0.717) is 17.3 Å². The normalized spacial score (nSPS) is 13.4. The second kappa shape index (κ2) is 7.68. The van der Waals surface area contributed by atoms with E-state index in [9.17, 15) is 9.59 Å². The maximum absolute atomic E-state index is 12.4.